The second-order valence-electron chi connectivity index (χ2n) is 7.27. The van der Waals surface area contributed by atoms with Gasteiger partial charge in [-0.2, -0.15) is 0 Å². The van der Waals surface area contributed by atoms with Gasteiger partial charge in [-0.05, 0) is 36.8 Å². The Morgan fingerprint density at radius 1 is 0.794 bits per heavy atom. The average molecular weight is 462 g/mol. The van der Waals surface area contributed by atoms with Crippen molar-refractivity contribution in [1.82, 2.24) is 0 Å². The molecule has 0 heterocycles. The van der Waals surface area contributed by atoms with Crippen LogP contribution in [0, 0.1) is 0 Å². The molecule has 7 nitrogen and oxygen atoms in total. The van der Waals surface area contributed by atoms with E-state index in [1.54, 1.807) is 49.6 Å². The van der Waals surface area contributed by atoms with Crippen LogP contribution in [0.3, 0.4) is 0 Å². The van der Waals surface area contributed by atoms with Gasteiger partial charge in [0.1, 0.15) is 5.75 Å². The van der Waals surface area contributed by atoms with Crippen molar-refractivity contribution in [3.8, 4) is 17.2 Å². The summed E-state index contributed by atoms with van der Waals surface area (Å²) in [5.41, 5.74) is 2.16. The predicted molar refractivity (Wildman–Crippen MR) is 131 cm³/mol. The summed E-state index contributed by atoms with van der Waals surface area (Å²) in [6.07, 6.45) is 0.639. The summed E-state index contributed by atoms with van der Waals surface area (Å²) in [6.45, 7) is 1.51. The molecule has 0 bridgehead atoms. The maximum atomic E-state index is 13.2. The number of hydrogen-bond acceptors (Lipinski definition) is 6. The monoisotopic (exact) mass is 461 g/mol. The number of ether oxygens (including phenoxy) is 4. The molecular formula is C27H27NO6. The third-order valence-corrected chi connectivity index (χ3v) is 5.05. The quantitative estimate of drug-likeness (QED) is 0.279. The molecule has 176 valence electrons. The largest absolute Gasteiger partial charge is 0.496 e. The molecule has 0 radical (unpaired) electrons. The Balaban J connectivity index is 1.81. The summed E-state index contributed by atoms with van der Waals surface area (Å²) >= 11 is 0. The van der Waals surface area contributed by atoms with Crippen LogP contribution in [0.15, 0.2) is 72.8 Å². The van der Waals surface area contributed by atoms with Crippen LogP contribution in [0.1, 0.15) is 18.1 Å². The lowest BCUT2D eigenvalue weighted by atomic mass is 10.0. The summed E-state index contributed by atoms with van der Waals surface area (Å²) in [5.74, 6) is 0.505. The molecular weight excluding hydrogens is 434 g/mol. The van der Waals surface area contributed by atoms with E-state index in [4.69, 9.17) is 18.9 Å². The molecule has 7 heteroatoms. The van der Waals surface area contributed by atoms with Crippen LogP contribution in [0.2, 0.25) is 0 Å². The third-order valence-electron chi connectivity index (χ3n) is 5.05. The van der Waals surface area contributed by atoms with Gasteiger partial charge in [-0.25, -0.2) is 4.79 Å². The Hall–Kier alpha value is -4.26. The first-order chi connectivity index (χ1) is 16.5. The number of para-hydroxylation sites is 1. The van der Waals surface area contributed by atoms with Crippen molar-refractivity contribution in [1.29, 1.82) is 0 Å². The molecule has 3 aromatic carbocycles. The van der Waals surface area contributed by atoms with E-state index in [2.05, 4.69) is 5.32 Å². The molecule has 34 heavy (non-hydrogen) atoms. The highest BCUT2D eigenvalue weighted by molar-refractivity contribution is 6.22. The fraction of sp³-hybridized carbons (Fsp3) is 0.185. The Bertz CT molecular complexity index is 1170. The lowest BCUT2D eigenvalue weighted by Crippen LogP contribution is -2.30. The zero-order valence-corrected chi connectivity index (χ0v) is 19.5. The molecule has 1 unspecified atom stereocenters. The number of rotatable bonds is 9. The number of carbonyl (C=O) groups excluding carboxylic acids is 2. The zero-order valence-electron chi connectivity index (χ0n) is 19.5. The molecule has 1 N–H and O–H groups in total. The van der Waals surface area contributed by atoms with Gasteiger partial charge in [0.15, 0.2) is 17.6 Å². The summed E-state index contributed by atoms with van der Waals surface area (Å²) < 4.78 is 21.4. The van der Waals surface area contributed by atoms with Crippen LogP contribution in [0.5, 0.6) is 17.2 Å². The van der Waals surface area contributed by atoms with Crippen LogP contribution >= 0.6 is 0 Å². The Kier molecular flexibility index (Phi) is 8.29. The van der Waals surface area contributed by atoms with Crippen molar-refractivity contribution in [2.24, 2.45) is 0 Å². The molecule has 1 atom stereocenters. The number of carbonyl (C=O) groups is 2. The predicted octanol–water partition coefficient (Wildman–Crippen LogP) is 4.82. The number of benzene rings is 3. The zero-order chi connectivity index (χ0) is 24.5. The summed E-state index contributed by atoms with van der Waals surface area (Å²) in [5, 5.41) is 2.73. The van der Waals surface area contributed by atoms with E-state index in [1.165, 1.54) is 21.1 Å². The van der Waals surface area contributed by atoms with Crippen LogP contribution in [0.25, 0.3) is 11.6 Å². The molecule has 3 aromatic rings. The van der Waals surface area contributed by atoms with Gasteiger partial charge in [0.05, 0.1) is 26.9 Å². The number of nitrogens with one attached hydrogen (secondary N) is 1. The molecule has 0 aliphatic heterocycles. The third kappa shape index (κ3) is 5.95. The number of anilines is 1. The second kappa shape index (κ2) is 11.6. The van der Waals surface area contributed by atoms with Crippen LogP contribution in [-0.4, -0.2) is 39.3 Å². The van der Waals surface area contributed by atoms with E-state index >= 15 is 0 Å². The van der Waals surface area contributed by atoms with E-state index in [-0.39, 0.29) is 0 Å². The molecule has 1 amide bonds. The van der Waals surface area contributed by atoms with Gasteiger partial charge >= 0.3 is 5.97 Å². The van der Waals surface area contributed by atoms with Gasteiger partial charge in [-0.15, -0.1) is 0 Å². The van der Waals surface area contributed by atoms with Gasteiger partial charge < -0.3 is 24.3 Å². The summed E-state index contributed by atoms with van der Waals surface area (Å²) in [4.78, 5) is 25.9. The molecule has 0 aromatic heterocycles. The Labute approximate surface area is 198 Å². The normalized spacial score (nSPS) is 11.8. The average Bonchev–Trinajstić information content (AvgIpc) is 2.87. The van der Waals surface area contributed by atoms with Crippen molar-refractivity contribution in [3.63, 3.8) is 0 Å². The summed E-state index contributed by atoms with van der Waals surface area (Å²) in [7, 11) is 4.60. The Morgan fingerprint density at radius 3 is 2.12 bits per heavy atom. The van der Waals surface area contributed by atoms with Gasteiger partial charge in [0.25, 0.3) is 5.91 Å². The molecule has 0 saturated carbocycles. The van der Waals surface area contributed by atoms with E-state index in [0.717, 1.165) is 0 Å². The number of hydrogen-bond donors (Lipinski definition) is 1. The maximum Gasteiger partial charge on any atom is 0.339 e. The van der Waals surface area contributed by atoms with Crippen LogP contribution in [0.4, 0.5) is 5.69 Å². The number of esters is 1. The topological polar surface area (TPSA) is 83.1 Å². The van der Waals surface area contributed by atoms with Crippen molar-refractivity contribution < 1.29 is 28.5 Å². The minimum absolute atomic E-state index is 0.302. The fourth-order valence-electron chi connectivity index (χ4n) is 3.25. The number of amides is 1. The lowest BCUT2D eigenvalue weighted by molar-refractivity contribution is -0.147. The first-order valence-corrected chi connectivity index (χ1v) is 10.6. The minimum Gasteiger partial charge on any atom is -0.496 e. The smallest absolute Gasteiger partial charge is 0.339 e. The Morgan fingerprint density at radius 2 is 1.44 bits per heavy atom. The van der Waals surface area contributed by atoms with Crippen molar-refractivity contribution >= 4 is 29.2 Å². The lowest BCUT2D eigenvalue weighted by Gasteiger charge is -2.16. The highest BCUT2D eigenvalue weighted by atomic mass is 16.5. The summed E-state index contributed by atoms with van der Waals surface area (Å²) in [6, 6.07) is 21.4. The van der Waals surface area contributed by atoms with E-state index in [9.17, 15) is 9.59 Å². The van der Waals surface area contributed by atoms with Gasteiger partial charge in [-0.3, -0.25) is 4.79 Å². The fourth-order valence-corrected chi connectivity index (χ4v) is 3.25. The van der Waals surface area contributed by atoms with Crippen LogP contribution < -0.4 is 19.5 Å². The van der Waals surface area contributed by atoms with Crippen molar-refractivity contribution in [2.75, 3.05) is 26.6 Å². The van der Waals surface area contributed by atoms with E-state index < -0.39 is 18.0 Å². The standard InChI is InChI=1S/C27H27NO6/c1-18(26(29)28-21-14-15-24(32-3)25(17-21)33-4)34-27(30)22(19-10-6-5-7-11-19)16-20-12-8-9-13-23(20)31-2/h5-18H,1-4H3,(H,28,29)/b22-16+. The second-order valence-corrected chi connectivity index (χ2v) is 7.27. The maximum absolute atomic E-state index is 13.2. The highest BCUT2D eigenvalue weighted by Gasteiger charge is 2.22. The molecule has 0 saturated heterocycles. The molecule has 0 spiro atoms. The molecule has 0 aliphatic carbocycles. The SMILES string of the molecule is COc1ccccc1/C=C(/C(=O)OC(C)C(=O)Nc1ccc(OC)c(OC)c1)c1ccccc1. The highest BCUT2D eigenvalue weighted by Crippen LogP contribution is 2.30. The van der Waals surface area contributed by atoms with Crippen molar-refractivity contribution in [2.45, 2.75) is 13.0 Å². The van der Waals surface area contributed by atoms with E-state index in [0.29, 0.717) is 39.6 Å². The van der Waals surface area contributed by atoms with Gasteiger partial charge in [0.2, 0.25) is 0 Å². The van der Waals surface area contributed by atoms with Crippen molar-refractivity contribution in [3.05, 3.63) is 83.9 Å². The van der Waals surface area contributed by atoms with Crippen LogP contribution in [-0.2, 0) is 14.3 Å². The van der Waals surface area contributed by atoms with Gasteiger partial charge in [-0.1, -0.05) is 48.5 Å². The first kappa shape index (κ1) is 24.4. The molecule has 0 aliphatic rings. The molecule has 0 fully saturated rings. The number of methoxy groups -OCH3 is 3. The van der Waals surface area contributed by atoms with E-state index in [1.807, 2.05) is 36.4 Å². The van der Waals surface area contributed by atoms with Gasteiger partial charge in [0, 0.05) is 17.3 Å². The molecule has 3 rings (SSSR count). The first-order valence-electron chi connectivity index (χ1n) is 10.6. The minimum atomic E-state index is -1.05.